The quantitative estimate of drug-likeness (QED) is 0.774. The van der Waals surface area contributed by atoms with E-state index in [0.29, 0.717) is 10.8 Å². The number of halogens is 3. The van der Waals surface area contributed by atoms with Crippen LogP contribution in [0.15, 0.2) is 36.4 Å². The van der Waals surface area contributed by atoms with Crippen molar-refractivity contribution in [3.05, 3.63) is 58.6 Å². The van der Waals surface area contributed by atoms with Gasteiger partial charge in [-0.1, -0.05) is 17.7 Å². The number of ether oxygens (including phenoxy) is 1. The molecule has 144 valence electrons. The molecule has 0 radical (unpaired) electrons. The van der Waals surface area contributed by atoms with Crippen molar-refractivity contribution in [2.45, 2.75) is 13.8 Å². The number of aryl methyl sites for hydroxylation is 1. The highest BCUT2D eigenvalue weighted by Crippen LogP contribution is 2.22. The van der Waals surface area contributed by atoms with E-state index in [-0.39, 0.29) is 19.7 Å². The summed E-state index contributed by atoms with van der Waals surface area (Å²) in [5.41, 5.74) is 0.227. The molecule has 2 amide bonds. The molecule has 0 aliphatic carbocycles. The highest BCUT2D eigenvalue weighted by molar-refractivity contribution is 6.30. The maximum Gasteiger partial charge on any atom is 0.260 e. The first-order valence-corrected chi connectivity index (χ1v) is 8.60. The molecule has 2 aromatic carbocycles. The van der Waals surface area contributed by atoms with Gasteiger partial charge in [0.15, 0.2) is 6.61 Å². The average Bonchev–Trinajstić information content (AvgIpc) is 2.62. The number of hydrogen-bond acceptors (Lipinski definition) is 3. The summed E-state index contributed by atoms with van der Waals surface area (Å²) in [6, 6.07) is 8.25. The minimum atomic E-state index is -0.890. The summed E-state index contributed by atoms with van der Waals surface area (Å²) in [6.07, 6.45) is 0. The van der Waals surface area contributed by atoms with Gasteiger partial charge < -0.3 is 15.0 Å². The number of hydrogen-bond donors (Lipinski definition) is 1. The van der Waals surface area contributed by atoms with Gasteiger partial charge in [0.1, 0.15) is 23.1 Å². The third kappa shape index (κ3) is 5.65. The van der Waals surface area contributed by atoms with Crippen LogP contribution in [0.5, 0.6) is 5.75 Å². The van der Waals surface area contributed by atoms with Crippen molar-refractivity contribution < 1.29 is 23.1 Å². The van der Waals surface area contributed by atoms with Crippen LogP contribution < -0.4 is 10.1 Å². The van der Waals surface area contributed by atoms with Gasteiger partial charge in [-0.15, -0.1) is 0 Å². The number of nitrogens with one attached hydrogen (secondary N) is 1. The van der Waals surface area contributed by atoms with E-state index in [1.807, 2.05) is 0 Å². The molecule has 0 aliphatic rings. The van der Waals surface area contributed by atoms with Crippen molar-refractivity contribution in [3.63, 3.8) is 0 Å². The molecule has 0 spiro atoms. The number of para-hydroxylation sites is 1. The Hall–Kier alpha value is -2.67. The van der Waals surface area contributed by atoms with E-state index < -0.39 is 29.1 Å². The number of rotatable bonds is 7. The van der Waals surface area contributed by atoms with Crippen LogP contribution in [0.2, 0.25) is 5.02 Å². The summed E-state index contributed by atoms with van der Waals surface area (Å²) >= 11 is 5.87. The summed E-state index contributed by atoms with van der Waals surface area (Å²) in [7, 11) is 0. The summed E-state index contributed by atoms with van der Waals surface area (Å²) in [4.78, 5) is 25.6. The van der Waals surface area contributed by atoms with Gasteiger partial charge in [0, 0.05) is 11.6 Å². The molecule has 0 bridgehead atoms. The molecule has 0 saturated carbocycles. The smallest absolute Gasteiger partial charge is 0.260 e. The van der Waals surface area contributed by atoms with Gasteiger partial charge in [-0.2, -0.15) is 0 Å². The van der Waals surface area contributed by atoms with E-state index in [1.165, 1.54) is 11.0 Å². The van der Waals surface area contributed by atoms with E-state index in [0.717, 1.165) is 17.7 Å². The van der Waals surface area contributed by atoms with Crippen LogP contribution >= 0.6 is 11.6 Å². The lowest BCUT2D eigenvalue weighted by Crippen LogP contribution is -2.40. The summed E-state index contributed by atoms with van der Waals surface area (Å²) in [5.74, 6) is -2.42. The first kappa shape index (κ1) is 20.6. The lowest BCUT2D eigenvalue weighted by molar-refractivity contribution is -0.136. The Kier molecular flexibility index (Phi) is 7.12. The summed E-state index contributed by atoms with van der Waals surface area (Å²) in [6.45, 7) is 3.07. The van der Waals surface area contributed by atoms with E-state index in [1.54, 1.807) is 32.0 Å². The Morgan fingerprint density at radius 2 is 1.85 bits per heavy atom. The molecule has 1 N–H and O–H groups in total. The SMILES string of the molecule is CCN(CC(=O)Nc1c(F)cccc1F)C(=O)COc1ccc(Cl)cc1C. The fourth-order valence-corrected chi connectivity index (χ4v) is 2.58. The number of likely N-dealkylation sites (N-methyl/N-ethyl adjacent to an activating group) is 1. The standard InChI is InChI=1S/C19H19ClF2N2O3/c1-3-24(10-17(25)23-19-14(21)5-4-6-15(19)22)18(26)11-27-16-8-7-13(20)9-12(16)2/h4-9H,3,10-11H2,1-2H3,(H,23,25). The van der Waals surface area contributed by atoms with Crippen LogP contribution in [0, 0.1) is 18.6 Å². The lowest BCUT2D eigenvalue weighted by atomic mass is 10.2. The molecular formula is C19H19ClF2N2O3. The molecule has 0 aliphatic heterocycles. The van der Waals surface area contributed by atoms with Crippen LogP contribution in [0.3, 0.4) is 0 Å². The van der Waals surface area contributed by atoms with Gasteiger partial charge in [-0.3, -0.25) is 9.59 Å². The first-order valence-electron chi connectivity index (χ1n) is 8.22. The minimum Gasteiger partial charge on any atom is -0.483 e. The van der Waals surface area contributed by atoms with Crippen LogP contribution in [-0.4, -0.2) is 36.4 Å². The number of amides is 2. The molecule has 2 aromatic rings. The molecule has 0 aromatic heterocycles. The van der Waals surface area contributed by atoms with E-state index >= 15 is 0 Å². The largest absolute Gasteiger partial charge is 0.483 e. The normalized spacial score (nSPS) is 10.4. The number of anilines is 1. The zero-order valence-corrected chi connectivity index (χ0v) is 15.6. The monoisotopic (exact) mass is 396 g/mol. The Labute approximate surface area is 160 Å². The number of nitrogens with zero attached hydrogens (tertiary/aromatic N) is 1. The summed E-state index contributed by atoms with van der Waals surface area (Å²) in [5, 5.41) is 2.70. The average molecular weight is 397 g/mol. The third-order valence-corrected chi connectivity index (χ3v) is 4.02. The van der Waals surface area contributed by atoms with E-state index in [2.05, 4.69) is 5.32 Å². The molecule has 8 heteroatoms. The maximum absolute atomic E-state index is 13.6. The van der Waals surface area contributed by atoms with Gasteiger partial charge in [0.05, 0.1) is 6.54 Å². The third-order valence-electron chi connectivity index (χ3n) is 3.78. The number of carbonyl (C=O) groups is 2. The molecule has 27 heavy (non-hydrogen) atoms. The topological polar surface area (TPSA) is 58.6 Å². The Morgan fingerprint density at radius 1 is 1.19 bits per heavy atom. The predicted molar refractivity (Wildman–Crippen MR) is 98.9 cm³/mol. The second-order valence-electron chi connectivity index (χ2n) is 5.75. The van der Waals surface area contributed by atoms with Gasteiger partial charge in [-0.05, 0) is 49.7 Å². The van der Waals surface area contributed by atoms with Crippen LogP contribution in [0.25, 0.3) is 0 Å². The maximum atomic E-state index is 13.6. The summed E-state index contributed by atoms with van der Waals surface area (Å²) < 4.78 is 32.7. The van der Waals surface area contributed by atoms with Gasteiger partial charge >= 0.3 is 0 Å². The lowest BCUT2D eigenvalue weighted by Gasteiger charge is -2.21. The molecule has 0 heterocycles. The zero-order chi connectivity index (χ0) is 20.0. The van der Waals surface area contributed by atoms with Gasteiger partial charge in [-0.25, -0.2) is 8.78 Å². The molecular weight excluding hydrogens is 378 g/mol. The number of carbonyl (C=O) groups excluding carboxylic acids is 2. The van der Waals surface area contributed by atoms with Crippen molar-refractivity contribution in [1.82, 2.24) is 4.90 Å². The predicted octanol–water partition coefficient (Wildman–Crippen LogP) is 3.79. The Balaban J connectivity index is 1.95. The first-order chi connectivity index (χ1) is 12.8. The fraction of sp³-hybridized carbons (Fsp3) is 0.263. The Bertz CT molecular complexity index is 825. The van der Waals surface area contributed by atoms with Crippen LogP contribution in [-0.2, 0) is 9.59 Å². The highest BCUT2D eigenvalue weighted by Gasteiger charge is 2.19. The molecule has 0 fully saturated rings. The zero-order valence-electron chi connectivity index (χ0n) is 14.9. The second kappa shape index (κ2) is 9.32. The molecule has 5 nitrogen and oxygen atoms in total. The fourth-order valence-electron chi connectivity index (χ4n) is 2.35. The second-order valence-corrected chi connectivity index (χ2v) is 6.19. The molecule has 0 saturated heterocycles. The van der Waals surface area contributed by atoms with Crippen molar-refractivity contribution in [2.75, 3.05) is 25.0 Å². The van der Waals surface area contributed by atoms with Gasteiger partial charge in [0.25, 0.3) is 5.91 Å². The Morgan fingerprint density at radius 3 is 2.44 bits per heavy atom. The molecule has 0 atom stereocenters. The van der Waals surface area contributed by atoms with Crippen molar-refractivity contribution in [2.24, 2.45) is 0 Å². The number of benzene rings is 2. The van der Waals surface area contributed by atoms with Gasteiger partial charge in [0.2, 0.25) is 5.91 Å². The van der Waals surface area contributed by atoms with Crippen molar-refractivity contribution >= 4 is 29.1 Å². The molecule has 2 rings (SSSR count). The highest BCUT2D eigenvalue weighted by atomic mass is 35.5. The van der Waals surface area contributed by atoms with Crippen LogP contribution in [0.4, 0.5) is 14.5 Å². The van der Waals surface area contributed by atoms with E-state index in [9.17, 15) is 18.4 Å². The molecule has 0 unspecified atom stereocenters. The van der Waals surface area contributed by atoms with Crippen molar-refractivity contribution in [1.29, 1.82) is 0 Å². The van der Waals surface area contributed by atoms with Crippen LogP contribution in [0.1, 0.15) is 12.5 Å². The van der Waals surface area contributed by atoms with E-state index in [4.69, 9.17) is 16.3 Å². The van der Waals surface area contributed by atoms with Crippen molar-refractivity contribution in [3.8, 4) is 5.75 Å². The minimum absolute atomic E-state index is 0.231.